The van der Waals surface area contributed by atoms with Gasteiger partial charge in [-0.15, -0.1) is 0 Å². The smallest absolute Gasteiger partial charge is 0.00268 e. The van der Waals surface area contributed by atoms with Crippen LogP contribution >= 0.6 is 0 Å². The molecule has 0 nitrogen and oxygen atoms in total. The van der Waals surface area contributed by atoms with E-state index >= 15 is 0 Å². The lowest BCUT2D eigenvalue weighted by Crippen LogP contribution is -1.85. The lowest BCUT2D eigenvalue weighted by Gasteiger charge is -2.12. The molecule has 46 heavy (non-hydrogen) atoms. The molecular weight excluding hydrogens is 553 g/mol. The lowest BCUT2D eigenvalue weighted by atomic mass is 9.92. The van der Waals surface area contributed by atoms with Crippen molar-refractivity contribution < 1.29 is 0 Å². The number of benzene rings is 10. The second-order valence-electron chi connectivity index (χ2n) is 12.5. The first-order valence-corrected chi connectivity index (χ1v) is 16.0. The summed E-state index contributed by atoms with van der Waals surface area (Å²) in [6, 6.07) is 63.0. The average molecular weight is 581 g/mol. The van der Waals surface area contributed by atoms with Crippen LogP contribution in [0.5, 0.6) is 0 Å². The van der Waals surface area contributed by atoms with Crippen molar-refractivity contribution in [3.8, 4) is 22.3 Å². The Hall–Kier alpha value is -5.98. The van der Waals surface area contributed by atoms with Crippen LogP contribution < -0.4 is 0 Å². The van der Waals surface area contributed by atoms with Crippen LogP contribution in [0.25, 0.3) is 97.7 Å². The summed E-state index contributed by atoms with van der Waals surface area (Å²) in [6.45, 7) is 0. The minimum atomic E-state index is 1.24. The molecule has 0 aliphatic heterocycles. The predicted molar refractivity (Wildman–Crippen MR) is 200 cm³/mol. The highest BCUT2D eigenvalue weighted by molar-refractivity contribution is 6.21. The molecular formula is C46H28. The number of hydrogen-bond acceptors (Lipinski definition) is 0. The van der Waals surface area contributed by atoms with Gasteiger partial charge in [-0.05, 0) is 122 Å². The molecule has 10 aromatic rings. The molecule has 0 atom stereocenters. The quantitative estimate of drug-likeness (QED) is 0.178. The van der Waals surface area contributed by atoms with Crippen LogP contribution in [0.2, 0.25) is 0 Å². The molecule has 0 saturated heterocycles. The van der Waals surface area contributed by atoms with E-state index in [0.29, 0.717) is 0 Å². The highest BCUT2D eigenvalue weighted by Crippen LogP contribution is 2.37. The van der Waals surface area contributed by atoms with E-state index in [0.717, 1.165) is 0 Å². The molecule has 0 bridgehead atoms. The fourth-order valence-electron chi connectivity index (χ4n) is 7.64. The van der Waals surface area contributed by atoms with Crippen LogP contribution in [0.1, 0.15) is 0 Å². The zero-order valence-corrected chi connectivity index (χ0v) is 25.2. The first-order valence-electron chi connectivity index (χ1n) is 16.0. The lowest BCUT2D eigenvalue weighted by molar-refractivity contribution is 1.66. The van der Waals surface area contributed by atoms with Gasteiger partial charge in [0, 0.05) is 0 Å². The van der Waals surface area contributed by atoms with Gasteiger partial charge in [-0.2, -0.15) is 0 Å². The minimum Gasteiger partial charge on any atom is -0.0616 e. The third-order valence-electron chi connectivity index (χ3n) is 9.96. The molecule has 10 aromatic carbocycles. The summed E-state index contributed by atoms with van der Waals surface area (Å²) in [5.74, 6) is 0. The topological polar surface area (TPSA) is 0 Å². The van der Waals surface area contributed by atoms with Crippen LogP contribution in [-0.4, -0.2) is 0 Å². The molecule has 0 radical (unpaired) electrons. The van der Waals surface area contributed by atoms with E-state index in [1.54, 1.807) is 0 Å². The fraction of sp³-hybridized carbons (Fsp3) is 0. The Bertz CT molecular complexity index is 2660. The van der Waals surface area contributed by atoms with Gasteiger partial charge in [-0.3, -0.25) is 0 Å². The maximum Gasteiger partial charge on any atom is -0.00268 e. The zero-order chi connectivity index (χ0) is 30.2. The third-order valence-corrected chi connectivity index (χ3v) is 9.96. The summed E-state index contributed by atoms with van der Waals surface area (Å²) in [5, 5.41) is 18.1. The standard InChI is InChI=1S/C46H28/c1-3-7-41-30(5-1)11-13-32-15-19-38-25-36(21-23-43(38)45(32)41)34-17-9-29-10-18-35(28-40(29)27-34)37-22-24-44-39(26-37)20-16-33-14-12-31-6-2-4-8-42(31)46(33)44/h1-28H. The van der Waals surface area contributed by atoms with Gasteiger partial charge in [-0.1, -0.05) is 146 Å². The zero-order valence-electron chi connectivity index (χ0n) is 25.2. The van der Waals surface area contributed by atoms with Crippen LogP contribution in [0.4, 0.5) is 0 Å². The van der Waals surface area contributed by atoms with Crippen LogP contribution in [-0.2, 0) is 0 Å². The summed E-state index contributed by atoms with van der Waals surface area (Å²) in [5.41, 5.74) is 4.95. The first-order chi connectivity index (χ1) is 22.8. The van der Waals surface area contributed by atoms with Crippen LogP contribution in [0, 0.1) is 0 Å². The fourth-order valence-corrected chi connectivity index (χ4v) is 7.64. The van der Waals surface area contributed by atoms with Gasteiger partial charge in [-0.25, -0.2) is 0 Å². The molecule has 0 aromatic heterocycles. The summed E-state index contributed by atoms with van der Waals surface area (Å²) in [7, 11) is 0. The van der Waals surface area contributed by atoms with E-state index in [1.807, 2.05) is 0 Å². The first kappa shape index (κ1) is 25.4. The second-order valence-corrected chi connectivity index (χ2v) is 12.5. The summed E-state index contributed by atoms with van der Waals surface area (Å²) < 4.78 is 0. The summed E-state index contributed by atoms with van der Waals surface area (Å²) in [6.07, 6.45) is 0. The van der Waals surface area contributed by atoms with Gasteiger partial charge in [0.25, 0.3) is 0 Å². The van der Waals surface area contributed by atoms with E-state index in [-0.39, 0.29) is 0 Å². The maximum atomic E-state index is 2.35. The van der Waals surface area contributed by atoms with E-state index < -0.39 is 0 Å². The number of hydrogen-bond donors (Lipinski definition) is 0. The second kappa shape index (κ2) is 9.76. The molecule has 0 spiro atoms. The Balaban J connectivity index is 1.07. The van der Waals surface area contributed by atoms with E-state index in [2.05, 4.69) is 170 Å². The molecule has 0 fully saturated rings. The van der Waals surface area contributed by atoms with Crippen molar-refractivity contribution in [2.75, 3.05) is 0 Å². The third kappa shape index (κ3) is 3.87. The van der Waals surface area contributed by atoms with E-state index in [4.69, 9.17) is 0 Å². The summed E-state index contributed by atoms with van der Waals surface area (Å²) in [4.78, 5) is 0. The Morgan fingerprint density at radius 3 is 1.00 bits per heavy atom. The molecule has 0 heterocycles. The molecule has 10 rings (SSSR count). The number of fused-ring (bicyclic) bond motifs is 11. The Kier molecular flexibility index (Phi) is 5.38. The van der Waals surface area contributed by atoms with Gasteiger partial charge in [0.15, 0.2) is 0 Å². The van der Waals surface area contributed by atoms with Crippen molar-refractivity contribution in [2.45, 2.75) is 0 Å². The summed E-state index contributed by atoms with van der Waals surface area (Å²) >= 11 is 0. The van der Waals surface area contributed by atoms with Crippen molar-refractivity contribution in [3.05, 3.63) is 170 Å². The molecule has 0 unspecified atom stereocenters. The average Bonchev–Trinajstić information content (AvgIpc) is 3.13. The molecule has 0 saturated carbocycles. The van der Waals surface area contributed by atoms with Crippen molar-refractivity contribution in [3.63, 3.8) is 0 Å². The molecule has 0 amide bonds. The van der Waals surface area contributed by atoms with E-state index in [9.17, 15) is 0 Å². The van der Waals surface area contributed by atoms with Gasteiger partial charge in [0.2, 0.25) is 0 Å². The molecule has 0 N–H and O–H groups in total. The normalized spacial score (nSPS) is 11.9. The van der Waals surface area contributed by atoms with Gasteiger partial charge >= 0.3 is 0 Å². The van der Waals surface area contributed by atoms with Gasteiger partial charge in [0.1, 0.15) is 0 Å². The van der Waals surface area contributed by atoms with Crippen LogP contribution in [0.3, 0.4) is 0 Å². The van der Waals surface area contributed by atoms with Crippen molar-refractivity contribution in [1.29, 1.82) is 0 Å². The highest BCUT2D eigenvalue weighted by atomic mass is 14.1. The monoisotopic (exact) mass is 580 g/mol. The Morgan fingerprint density at radius 1 is 0.196 bits per heavy atom. The highest BCUT2D eigenvalue weighted by Gasteiger charge is 2.10. The van der Waals surface area contributed by atoms with Crippen LogP contribution in [0.15, 0.2) is 170 Å². The number of rotatable bonds is 2. The van der Waals surface area contributed by atoms with Gasteiger partial charge < -0.3 is 0 Å². The van der Waals surface area contributed by atoms with Crippen molar-refractivity contribution in [2.24, 2.45) is 0 Å². The predicted octanol–water partition coefficient (Wildman–Crippen LogP) is 13.1. The maximum absolute atomic E-state index is 2.35. The molecule has 212 valence electrons. The van der Waals surface area contributed by atoms with E-state index in [1.165, 1.54) is 97.7 Å². The van der Waals surface area contributed by atoms with Gasteiger partial charge in [0.05, 0.1) is 0 Å². The molecule has 0 aliphatic carbocycles. The Labute approximate surface area is 266 Å². The molecule has 0 aliphatic rings. The largest absolute Gasteiger partial charge is 0.0616 e. The van der Waals surface area contributed by atoms with Crippen molar-refractivity contribution in [1.82, 2.24) is 0 Å². The van der Waals surface area contributed by atoms with Crippen molar-refractivity contribution >= 4 is 75.4 Å². The SMILES string of the molecule is c1ccc2c(c1)ccc1ccc3cc(-c4ccc5ccc(-c6ccc7c(ccc8ccc9ccccc9c87)c6)cc5c4)ccc3c12. The Morgan fingerprint density at radius 2 is 0.522 bits per heavy atom. The molecule has 0 heteroatoms. The minimum absolute atomic E-state index is 1.24.